The molecule has 0 heterocycles. The molecule has 2 aromatic carbocycles. The molecule has 0 amide bonds. The molecule has 0 saturated heterocycles. The number of hydrogen-bond donors (Lipinski definition) is 0. The van der Waals surface area contributed by atoms with E-state index in [2.05, 4.69) is 16.4 Å². The van der Waals surface area contributed by atoms with E-state index in [1.54, 1.807) is 0 Å². The summed E-state index contributed by atoms with van der Waals surface area (Å²) in [5.74, 6) is -2.62. The van der Waals surface area contributed by atoms with Crippen molar-refractivity contribution in [2.45, 2.75) is 83.1 Å². The first-order valence-electron chi connectivity index (χ1n) is 12.3. The quantitative estimate of drug-likeness (QED) is 0.217. The van der Waals surface area contributed by atoms with Crippen LogP contribution < -0.4 is 4.74 Å². The second-order valence-electron chi connectivity index (χ2n) is 9.38. The van der Waals surface area contributed by atoms with E-state index in [4.69, 9.17) is 0 Å². The molecule has 3 rings (SSSR count). The second-order valence-corrected chi connectivity index (χ2v) is 9.38. The third-order valence-electron chi connectivity index (χ3n) is 6.72. The molecule has 1 aliphatic carbocycles. The summed E-state index contributed by atoms with van der Waals surface area (Å²) in [6.45, 7) is 1.55. The molecular formula is C27H31F7O2. The molecular weight excluding hydrogens is 489 g/mol. The smallest absolute Gasteiger partial charge is 0.406 e. The summed E-state index contributed by atoms with van der Waals surface area (Å²) < 4.78 is 103. The summed E-state index contributed by atoms with van der Waals surface area (Å²) in [7, 11) is 0. The maximum Gasteiger partial charge on any atom is 0.573 e. The van der Waals surface area contributed by atoms with Crippen molar-refractivity contribution in [1.29, 1.82) is 0 Å². The van der Waals surface area contributed by atoms with Crippen molar-refractivity contribution in [1.82, 2.24) is 0 Å². The molecule has 1 saturated carbocycles. The zero-order chi connectivity index (χ0) is 26.3. The second kappa shape index (κ2) is 12.3. The Morgan fingerprint density at radius 2 is 1.47 bits per heavy atom. The van der Waals surface area contributed by atoms with Crippen molar-refractivity contribution in [3.05, 3.63) is 64.7 Å². The van der Waals surface area contributed by atoms with Gasteiger partial charge in [0.25, 0.3) is 0 Å². The summed E-state index contributed by atoms with van der Waals surface area (Å²) in [6, 6.07) is 6.57. The minimum absolute atomic E-state index is 0.0655. The highest BCUT2D eigenvalue weighted by atomic mass is 19.4. The van der Waals surface area contributed by atoms with E-state index in [0.29, 0.717) is 17.0 Å². The van der Waals surface area contributed by atoms with Crippen LogP contribution in [0.3, 0.4) is 0 Å². The zero-order valence-corrected chi connectivity index (χ0v) is 20.2. The average molecular weight is 521 g/mol. The molecule has 0 spiro atoms. The molecule has 0 N–H and O–H groups in total. The van der Waals surface area contributed by atoms with Crippen LogP contribution in [0.5, 0.6) is 5.75 Å². The molecule has 200 valence electrons. The zero-order valence-electron chi connectivity index (χ0n) is 20.2. The summed E-state index contributed by atoms with van der Waals surface area (Å²) in [6.07, 6.45) is -1.02. The Morgan fingerprint density at radius 1 is 0.861 bits per heavy atom. The van der Waals surface area contributed by atoms with Crippen LogP contribution in [0.25, 0.3) is 0 Å². The Kier molecular flexibility index (Phi) is 9.66. The van der Waals surface area contributed by atoms with Crippen molar-refractivity contribution < 1.29 is 40.2 Å². The third-order valence-corrected chi connectivity index (χ3v) is 6.72. The summed E-state index contributed by atoms with van der Waals surface area (Å²) in [5, 5.41) is 0. The van der Waals surface area contributed by atoms with Crippen LogP contribution in [0.1, 0.15) is 80.9 Å². The predicted molar refractivity (Wildman–Crippen MR) is 122 cm³/mol. The van der Waals surface area contributed by atoms with Gasteiger partial charge in [0.1, 0.15) is 22.9 Å². The van der Waals surface area contributed by atoms with Gasteiger partial charge in [-0.1, -0.05) is 44.7 Å². The fraction of sp³-hybridized carbons (Fsp3) is 0.556. The van der Waals surface area contributed by atoms with Crippen molar-refractivity contribution in [2.24, 2.45) is 5.92 Å². The van der Waals surface area contributed by atoms with Crippen LogP contribution in [-0.4, -0.2) is 13.0 Å². The number of halogens is 7. The van der Waals surface area contributed by atoms with Crippen LogP contribution in [0, 0.1) is 17.6 Å². The van der Waals surface area contributed by atoms with E-state index in [9.17, 15) is 30.7 Å². The van der Waals surface area contributed by atoms with Crippen molar-refractivity contribution in [2.75, 3.05) is 6.61 Å². The van der Waals surface area contributed by atoms with E-state index >= 15 is 0 Å². The van der Waals surface area contributed by atoms with Gasteiger partial charge >= 0.3 is 12.5 Å². The van der Waals surface area contributed by atoms with Gasteiger partial charge in [-0.25, -0.2) is 8.78 Å². The molecule has 0 unspecified atom stereocenters. The molecule has 0 aromatic heterocycles. The Morgan fingerprint density at radius 3 is 2.03 bits per heavy atom. The van der Waals surface area contributed by atoms with Gasteiger partial charge in [0, 0.05) is 0 Å². The Hall–Kier alpha value is -2.29. The van der Waals surface area contributed by atoms with Gasteiger partial charge in [-0.15, -0.1) is 13.2 Å². The normalized spacial score (nSPS) is 18.9. The van der Waals surface area contributed by atoms with Gasteiger partial charge in [0.2, 0.25) is 0 Å². The molecule has 1 fully saturated rings. The lowest BCUT2D eigenvalue weighted by atomic mass is 9.77. The first-order chi connectivity index (χ1) is 17.0. The standard InChI is InChI=1S/C27H31F7O2/c1-2-3-4-5-18-6-10-20(11-7-18)21-16-23(28)25(24(29)17-21)26(30,31)35-15-14-19-8-12-22(13-9-19)36-27(32,33)34/h8-9,12-13,16-18,20H,2-7,10-11,14-15H2,1H3/t18-,20-. The predicted octanol–water partition coefficient (Wildman–Crippen LogP) is 9.03. The fourth-order valence-corrected chi connectivity index (χ4v) is 4.80. The van der Waals surface area contributed by atoms with Crippen LogP contribution in [0.2, 0.25) is 0 Å². The number of benzene rings is 2. The molecule has 0 radical (unpaired) electrons. The highest BCUT2D eigenvalue weighted by molar-refractivity contribution is 5.31. The van der Waals surface area contributed by atoms with Crippen LogP contribution in [-0.2, 0) is 17.3 Å². The lowest BCUT2D eigenvalue weighted by Gasteiger charge is -2.29. The van der Waals surface area contributed by atoms with Crippen molar-refractivity contribution in [3.63, 3.8) is 0 Å². The van der Waals surface area contributed by atoms with Crippen LogP contribution in [0.4, 0.5) is 30.7 Å². The lowest BCUT2D eigenvalue weighted by Crippen LogP contribution is -2.24. The molecule has 36 heavy (non-hydrogen) atoms. The number of unbranched alkanes of at least 4 members (excludes halogenated alkanes) is 2. The van der Waals surface area contributed by atoms with Gasteiger partial charge in [0.05, 0.1) is 6.61 Å². The Balaban J connectivity index is 1.56. The van der Waals surface area contributed by atoms with E-state index in [-0.39, 0.29) is 12.3 Å². The molecule has 0 atom stereocenters. The number of rotatable bonds is 11. The molecule has 0 bridgehead atoms. The largest absolute Gasteiger partial charge is 0.573 e. The van der Waals surface area contributed by atoms with E-state index in [1.165, 1.54) is 25.0 Å². The minimum Gasteiger partial charge on any atom is -0.406 e. The highest BCUT2D eigenvalue weighted by Gasteiger charge is 2.40. The van der Waals surface area contributed by atoms with Gasteiger partial charge in [-0.2, -0.15) is 8.78 Å². The van der Waals surface area contributed by atoms with E-state index < -0.39 is 42.0 Å². The number of hydrogen-bond acceptors (Lipinski definition) is 2. The number of ether oxygens (including phenoxy) is 2. The van der Waals surface area contributed by atoms with Gasteiger partial charge < -0.3 is 9.47 Å². The Bertz CT molecular complexity index is 942. The average Bonchev–Trinajstić information content (AvgIpc) is 2.79. The lowest BCUT2D eigenvalue weighted by molar-refractivity contribution is -0.274. The summed E-state index contributed by atoms with van der Waals surface area (Å²) in [4.78, 5) is 0. The maximum absolute atomic E-state index is 14.7. The number of alkyl halides is 5. The van der Waals surface area contributed by atoms with Gasteiger partial charge in [-0.05, 0) is 79.3 Å². The molecule has 2 nitrogen and oxygen atoms in total. The molecule has 9 heteroatoms. The summed E-state index contributed by atoms with van der Waals surface area (Å²) in [5.41, 5.74) is -0.659. The van der Waals surface area contributed by atoms with Crippen molar-refractivity contribution in [3.8, 4) is 5.75 Å². The first kappa shape index (κ1) is 28.3. The van der Waals surface area contributed by atoms with E-state index in [1.807, 2.05) is 0 Å². The third kappa shape index (κ3) is 8.11. The highest BCUT2D eigenvalue weighted by Crippen LogP contribution is 2.41. The van der Waals surface area contributed by atoms with Gasteiger partial charge in [-0.3, -0.25) is 0 Å². The SMILES string of the molecule is CCCCC[C@H]1CC[C@H](c2cc(F)c(C(F)(F)OCCc3ccc(OC(F)(F)F)cc3)c(F)c2)CC1. The summed E-state index contributed by atoms with van der Waals surface area (Å²) >= 11 is 0. The topological polar surface area (TPSA) is 18.5 Å². The van der Waals surface area contributed by atoms with Crippen molar-refractivity contribution >= 4 is 0 Å². The van der Waals surface area contributed by atoms with E-state index in [0.717, 1.165) is 62.8 Å². The Labute approximate surface area is 206 Å². The van der Waals surface area contributed by atoms with Crippen LogP contribution >= 0.6 is 0 Å². The monoisotopic (exact) mass is 520 g/mol. The molecule has 2 aromatic rings. The van der Waals surface area contributed by atoms with Gasteiger partial charge in [0.15, 0.2) is 0 Å². The van der Waals surface area contributed by atoms with Crippen LogP contribution in [0.15, 0.2) is 36.4 Å². The first-order valence-corrected chi connectivity index (χ1v) is 12.3. The molecule has 0 aliphatic heterocycles. The molecule has 1 aliphatic rings. The maximum atomic E-state index is 14.7. The minimum atomic E-state index is -4.84. The fourth-order valence-electron chi connectivity index (χ4n) is 4.80.